The maximum Gasteiger partial charge on any atom is 0.405 e. The fourth-order valence-electron chi connectivity index (χ4n) is 2.74. The molecule has 23 heavy (non-hydrogen) atoms. The van der Waals surface area contributed by atoms with Crippen LogP contribution in [0, 0.1) is 5.92 Å². The van der Waals surface area contributed by atoms with E-state index < -0.39 is 12.1 Å². The third-order valence-corrected chi connectivity index (χ3v) is 4.04. The Morgan fingerprint density at radius 1 is 1.30 bits per heavy atom. The lowest BCUT2D eigenvalue weighted by atomic mass is 9.99. The Bertz CT molecular complexity index is 527. The summed E-state index contributed by atoms with van der Waals surface area (Å²) >= 11 is 0. The highest BCUT2D eigenvalue weighted by molar-refractivity contribution is 5.85. The van der Waals surface area contributed by atoms with Crippen LogP contribution in [0.2, 0.25) is 0 Å². The van der Waals surface area contributed by atoms with Gasteiger partial charge in [-0.05, 0) is 30.9 Å². The first kappa shape index (κ1) is 17.1. The first-order chi connectivity index (χ1) is 11.0. The average molecular weight is 320 g/mol. The van der Waals surface area contributed by atoms with Gasteiger partial charge >= 0.3 is 6.09 Å². The summed E-state index contributed by atoms with van der Waals surface area (Å²) in [7, 11) is 0. The van der Waals surface area contributed by atoms with Crippen LogP contribution in [0.4, 0.5) is 10.6 Å². The number of carbonyl (C=O) groups is 2. The summed E-state index contributed by atoms with van der Waals surface area (Å²) in [6, 6.07) is 5.31. The van der Waals surface area contributed by atoms with E-state index >= 15 is 0 Å². The lowest BCUT2D eigenvalue weighted by Gasteiger charge is -2.35. The largest absolute Gasteiger partial charge is 0.465 e. The van der Waals surface area contributed by atoms with Crippen molar-refractivity contribution in [2.24, 2.45) is 5.92 Å². The molecular formula is C16H24N4O3. The average Bonchev–Trinajstić information content (AvgIpc) is 2.53. The van der Waals surface area contributed by atoms with Crippen LogP contribution in [0.5, 0.6) is 0 Å². The number of rotatable bonds is 5. The number of anilines is 1. The number of pyridine rings is 1. The zero-order valence-corrected chi connectivity index (χ0v) is 13.5. The Kier molecular flexibility index (Phi) is 5.78. The van der Waals surface area contributed by atoms with Gasteiger partial charge in [-0.2, -0.15) is 0 Å². The molecule has 0 saturated carbocycles. The molecule has 0 unspecified atom stereocenters. The molecular weight excluding hydrogens is 296 g/mol. The molecule has 2 amide bonds. The minimum absolute atomic E-state index is 0.0806. The topological polar surface area (TPSA) is 94.6 Å². The number of hydrogen-bond acceptors (Lipinski definition) is 4. The molecule has 1 aromatic heterocycles. The third kappa shape index (κ3) is 4.84. The normalized spacial score (nSPS) is 16.9. The summed E-state index contributed by atoms with van der Waals surface area (Å²) < 4.78 is 0. The zero-order chi connectivity index (χ0) is 16.8. The van der Waals surface area contributed by atoms with E-state index in [-0.39, 0.29) is 17.9 Å². The van der Waals surface area contributed by atoms with Crippen LogP contribution < -0.4 is 10.6 Å². The van der Waals surface area contributed by atoms with Crippen LogP contribution in [0.25, 0.3) is 0 Å². The van der Waals surface area contributed by atoms with Gasteiger partial charge in [-0.15, -0.1) is 0 Å². The summed E-state index contributed by atoms with van der Waals surface area (Å²) in [5.41, 5.74) is 0. The number of nitrogens with one attached hydrogen (secondary N) is 2. The summed E-state index contributed by atoms with van der Waals surface area (Å²) in [5, 5.41) is 14.6. The van der Waals surface area contributed by atoms with Crippen molar-refractivity contribution in [1.82, 2.24) is 15.2 Å². The van der Waals surface area contributed by atoms with Crippen LogP contribution in [0.15, 0.2) is 24.4 Å². The molecule has 3 N–H and O–H groups in total. The van der Waals surface area contributed by atoms with Crippen molar-refractivity contribution >= 4 is 17.8 Å². The van der Waals surface area contributed by atoms with Crippen molar-refractivity contribution in [3.63, 3.8) is 0 Å². The lowest BCUT2D eigenvalue weighted by Crippen LogP contribution is -2.53. The second-order valence-corrected chi connectivity index (χ2v) is 6.13. The molecule has 0 aliphatic carbocycles. The van der Waals surface area contributed by atoms with E-state index in [0.717, 1.165) is 18.7 Å². The Labute approximate surface area is 136 Å². The molecule has 1 aliphatic rings. The minimum Gasteiger partial charge on any atom is -0.465 e. The predicted octanol–water partition coefficient (Wildman–Crippen LogP) is 1.78. The summed E-state index contributed by atoms with van der Waals surface area (Å²) in [6.07, 6.45) is 2.22. The van der Waals surface area contributed by atoms with E-state index in [0.29, 0.717) is 13.1 Å². The molecule has 0 bridgehead atoms. The van der Waals surface area contributed by atoms with Gasteiger partial charge in [-0.3, -0.25) is 4.79 Å². The van der Waals surface area contributed by atoms with Gasteiger partial charge in [0.05, 0.1) is 0 Å². The van der Waals surface area contributed by atoms with E-state index in [2.05, 4.69) is 15.6 Å². The number of hydrogen-bond donors (Lipinski definition) is 3. The highest BCUT2D eigenvalue weighted by Crippen LogP contribution is 2.17. The van der Waals surface area contributed by atoms with E-state index in [1.165, 1.54) is 0 Å². The van der Waals surface area contributed by atoms with Crippen molar-refractivity contribution in [1.29, 1.82) is 0 Å². The first-order valence-corrected chi connectivity index (χ1v) is 7.93. The van der Waals surface area contributed by atoms with Gasteiger partial charge < -0.3 is 20.6 Å². The minimum atomic E-state index is -1.16. The Morgan fingerprint density at radius 3 is 2.52 bits per heavy atom. The van der Waals surface area contributed by atoms with Gasteiger partial charge in [0.25, 0.3) is 0 Å². The summed E-state index contributed by atoms with van der Waals surface area (Å²) in [4.78, 5) is 29.4. The molecule has 0 radical (unpaired) electrons. The third-order valence-electron chi connectivity index (χ3n) is 4.04. The van der Waals surface area contributed by atoms with Gasteiger partial charge in [0, 0.05) is 25.3 Å². The summed E-state index contributed by atoms with van der Waals surface area (Å²) in [5.74, 6) is 0.617. The number of amides is 2. The maximum absolute atomic E-state index is 12.5. The van der Waals surface area contributed by atoms with E-state index in [1.54, 1.807) is 11.1 Å². The fourth-order valence-corrected chi connectivity index (χ4v) is 2.74. The molecule has 126 valence electrons. The highest BCUT2D eigenvalue weighted by Gasteiger charge is 2.31. The monoisotopic (exact) mass is 320 g/mol. The van der Waals surface area contributed by atoms with Crippen LogP contribution in [-0.4, -0.2) is 52.2 Å². The molecule has 1 aliphatic heterocycles. The van der Waals surface area contributed by atoms with E-state index in [1.807, 2.05) is 32.0 Å². The first-order valence-electron chi connectivity index (χ1n) is 7.93. The van der Waals surface area contributed by atoms with Crippen molar-refractivity contribution < 1.29 is 14.7 Å². The number of carbonyl (C=O) groups excluding carboxylic acids is 1. The zero-order valence-electron chi connectivity index (χ0n) is 13.5. The van der Waals surface area contributed by atoms with Gasteiger partial charge in [0.15, 0.2) is 0 Å². The van der Waals surface area contributed by atoms with Gasteiger partial charge in [0.2, 0.25) is 5.91 Å². The highest BCUT2D eigenvalue weighted by atomic mass is 16.4. The predicted molar refractivity (Wildman–Crippen MR) is 87.2 cm³/mol. The Morgan fingerprint density at radius 2 is 2.00 bits per heavy atom. The SMILES string of the molecule is CC(C)[C@H](NC(=O)O)C(=O)N1CCC(Nc2ccccn2)CC1. The van der Waals surface area contributed by atoms with Crippen molar-refractivity contribution in [2.45, 2.75) is 38.8 Å². The Hall–Kier alpha value is -2.31. The molecule has 1 atom stereocenters. The van der Waals surface area contributed by atoms with Crippen LogP contribution in [-0.2, 0) is 4.79 Å². The fraction of sp³-hybridized carbons (Fsp3) is 0.562. The van der Waals surface area contributed by atoms with Gasteiger partial charge in [0.1, 0.15) is 11.9 Å². The molecule has 1 saturated heterocycles. The smallest absolute Gasteiger partial charge is 0.405 e. The van der Waals surface area contributed by atoms with Crippen LogP contribution in [0.1, 0.15) is 26.7 Å². The number of likely N-dealkylation sites (tertiary alicyclic amines) is 1. The lowest BCUT2D eigenvalue weighted by molar-refractivity contribution is -0.135. The van der Waals surface area contributed by atoms with Crippen molar-refractivity contribution in [2.75, 3.05) is 18.4 Å². The van der Waals surface area contributed by atoms with Gasteiger partial charge in [-0.1, -0.05) is 19.9 Å². The van der Waals surface area contributed by atoms with Crippen molar-refractivity contribution in [3.8, 4) is 0 Å². The second kappa shape index (κ2) is 7.80. The molecule has 2 heterocycles. The number of nitrogens with zero attached hydrogens (tertiary/aromatic N) is 2. The Balaban J connectivity index is 1.87. The van der Waals surface area contributed by atoms with Crippen molar-refractivity contribution in [3.05, 3.63) is 24.4 Å². The van der Waals surface area contributed by atoms with Crippen LogP contribution in [0.3, 0.4) is 0 Å². The maximum atomic E-state index is 12.5. The number of aromatic nitrogens is 1. The molecule has 1 fully saturated rings. The van der Waals surface area contributed by atoms with E-state index in [9.17, 15) is 9.59 Å². The number of piperidine rings is 1. The molecule has 0 aromatic carbocycles. The standard InChI is InChI=1S/C16H24N4O3/c1-11(2)14(19-16(22)23)15(21)20-9-6-12(7-10-20)18-13-5-3-4-8-17-13/h3-5,8,11-12,14,19H,6-7,9-10H2,1-2H3,(H,17,18)(H,22,23)/t14-/m0/s1. The van der Waals surface area contributed by atoms with Gasteiger partial charge in [-0.25, -0.2) is 9.78 Å². The quantitative estimate of drug-likeness (QED) is 0.769. The molecule has 0 spiro atoms. The molecule has 1 aromatic rings. The second-order valence-electron chi connectivity index (χ2n) is 6.13. The summed E-state index contributed by atoms with van der Waals surface area (Å²) in [6.45, 7) is 4.92. The molecule has 7 nitrogen and oxygen atoms in total. The molecule has 7 heteroatoms. The van der Waals surface area contributed by atoms with Crippen LogP contribution >= 0.6 is 0 Å². The number of carboxylic acid groups (broad SMARTS) is 1. The van der Waals surface area contributed by atoms with E-state index in [4.69, 9.17) is 5.11 Å². The molecule has 2 rings (SSSR count).